The number of fused-ring (bicyclic) bond motifs is 1. The number of nitrogens with one attached hydrogen (secondary N) is 2. The molecule has 1 saturated carbocycles. The summed E-state index contributed by atoms with van der Waals surface area (Å²) < 4.78 is 1.64. The van der Waals surface area contributed by atoms with Gasteiger partial charge < -0.3 is 0 Å². The van der Waals surface area contributed by atoms with Crippen LogP contribution in [0.15, 0.2) is 24.4 Å². The van der Waals surface area contributed by atoms with Crippen LogP contribution in [0.5, 0.6) is 0 Å². The Morgan fingerprint density at radius 2 is 2.30 bits per heavy atom. The van der Waals surface area contributed by atoms with E-state index in [1.54, 1.807) is 10.7 Å². The first-order valence-corrected chi connectivity index (χ1v) is 6.34. The first kappa shape index (κ1) is 11.1. The smallest absolute Gasteiger partial charge is 0.249 e. The van der Waals surface area contributed by atoms with Gasteiger partial charge in [0, 0.05) is 5.92 Å². The van der Waals surface area contributed by atoms with Crippen LogP contribution in [0.4, 0.5) is 5.95 Å². The van der Waals surface area contributed by atoms with Crippen molar-refractivity contribution in [2.75, 3.05) is 5.32 Å². The van der Waals surface area contributed by atoms with Gasteiger partial charge in [-0.2, -0.15) is 20.4 Å². The normalized spacial score (nSPS) is 14.6. The van der Waals surface area contributed by atoms with Gasteiger partial charge in [-0.3, -0.25) is 10.1 Å². The lowest BCUT2D eigenvalue weighted by Gasteiger charge is -1.98. The molecule has 0 aromatic carbocycles. The highest BCUT2D eigenvalue weighted by Gasteiger charge is 2.30. The highest BCUT2D eigenvalue weighted by atomic mass is 16.2. The molecule has 2 N–H and O–H groups in total. The minimum atomic E-state index is -0.0103. The van der Waals surface area contributed by atoms with Gasteiger partial charge in [-0.1, -0.05) is 6.07 Å². The molecule has 20 heavy (non-hydrogen) atoms. The highest BCUT2D eigenvalue weighted by Crippen LogP contribution is 2.29. The number of amides is 1. The van der Waals surface area contributed by atoms with Gasteiger partial charge in [0.2, 0.25) is 11.9 Å². The molecule has 3 aromatic rings. The maximum absolute atomic E-state index is 11.7. The molecule has 0 spiro atoms. The van der Waals surface area contributed by atoms with Crippen LogP contribution in [0.25, 0.3) is 17.0 Å². The van der Waals surface area contributed by atoms with Gasteiger partial charge >= 0.3 is 0 Å². The third kappa shape index (κ3) is 1.81. The molecule has 100 valence electrons. The third-order valence-corrected chi connectivity index (χ3v) is 3.22. The quantitative estimate of drug-likeness (QED) is 0.734. The van der Waals surface area contributed by atoms with E-state index in [1.165, 1.54) is 0 Å². The fourth-order valence-electron chi connectivity index (χ4n) is 2.03. The van der Waals surface area contributed by atoms with E-state index in [0.29, 0.717) is 17.3 Å². The zero-order chi connectivity index (χ0) is 13.5. The van der Waals surface area contributed by atoms with Crippen molar-refractivity contribution in [3.8, 4) is 11.4 Å². The second-order valence-electron chi connectivity index (χ2n) is 4.74. The van der Waals surface area contributed by atoms with Crippen LogP contribution in [0.2, 0.25) is 0 Å². The van der Waals surface area contributed by atoms with Crippen LogP contribution in [-0.4, -0.2) is 35.9 Å². The monoisotopic (exact) mass is 269 g/mol. The zero-order valence-corrected chi connectivity index (χ0v) is 10.4. The predicted molar refractivity (Wildman–Crippen MR) is 69.7 cm³/mol. The number of carbonyl (C=O) groups is 1. The summed E-state index contributed by atoms with van der Waals surface area (Å²) in [6, 6.07) is 5.55. The molecule has 0 aliphatic heterocycles. The van der Waals surface area contributed by atoms with Crippen molar-refractivity contribution in [2.24, 2.45) is 5.92 Å². The Kier molecular flexibility index (Phi) is 2.28. The summed E-state index contributed by atoms with van der Waals surface area (Å²) in [7, 11) is 0. The van der Waals surface area contributed by atoms with Gasteiger partial charge in [0.25, 0.3) is 0 Å². The van der Waals surface area contributed by atoms with Crippen molar-refractivity contribution in [1.82, 2.24) is 30.0 Å². The van der Waals surface area contributed by atoms with Crippen LogP contribution >= 0.6 is 0 Å². The predicted octanol–water partition coefficient (Wildman–Crippen LogP) is 0.863. The SMILES string of the molecule is O=C(Nc1nc2cccc(-c3cn[nH]n3)n2n1)C1CC1. The number of anilines is 1. The number of H-pyrrole nitrogens is 1. The molecule has 0 atom stereocenters. The van der Waals surface area contributed by atoms with Crippen LogP contribution in [0, 0.1) is 5.92 Å². The van der Waals surface area contributed by atoms with E-state index >= 15 is 0 Å². The molecule has 8 nitrogen and oxygen atoms in total. The van der Waals surface area contributed by atoms with Crippen LogP contribution < -0.4 is 5.32 Å². The largest absolute Gasteiger partial charge is 0.293 e. The molecule has 4 rings (SSSR count). The third-order valence-electron chi connectivity index (χ3n) is 3.22. The van der Waals surface area contributed by atoms with Crippen molar-refractivity contribution in [1.29, 1.82) is 0 Å². The molecule has 8 heteroatoms. The van der Waals surface area contributed by atoms with Gasteiger partial charge in [-0.05, 0) is 25.0 Å². The molecular weight excluding hydrogens is 258 g/mol. The number of carbonyl (C=O) groups excluding carboxylic acids is 1. The van der Waals surface area contributed by atoms with Crippen molar-refractivity contribution >= 4 is 17.5 Å². The number of hydrogen-bond acceptors (Lipinski definition) is 5. The van der Waals surface area contributed by atoms with Gasteiger partial charge in [-0.15, -0.1) is 5.10 Å². The molecule has 0 saturated heterocycles. The second-order valence-corrected chi connectivity index (χ2v) is 4.74. The fraction of sp³-hybridized carbons (Fsp3) is 0.250. The number of rotatable bonds is 3. The minimum Gasteiger partial charge on any atom is -0.293 e. The van der Waals surface area contributed by atoms with Crippen molar-refractivity contribution < 1.29 is 4.79 Å². The maximum atomic E-state index is 11.7. The average Bonchev–Trinajstić information content (AvgIpc) is 3.00. The van der Waals surface area contributed by atoms with E-state index < -0.39 is 0 Å². The Bertz CT molecular complexity index is 772. The standard InChI is InChI=1S/C12H11N7O/c20-11(7-4-5-7)15-12-14-10-3-1-2-9(19(10)17-12)8-6-13-18-16-8/h1-3,6-7H,4-5H2,(H,13,16,18)(H,15,17,20). The minimum absolute atomic E-state index is 0.0103. The topological polar surface area (TPSA) is 101 Å². The fourth-order valence-corrected chi connectivity index (χ4v) is 2.03. The summed E-state index contributed by atoms with van der Waals surface area (Å²) in [6.45, 7) is 0. The summed E-state index contributed by atoms with van der Waals surface area (Å²) in [5, 5.41) is 17.4. The average molecular weight is 269 g/mol. The number of hydrogen-bond donors (Lipinski definition) is 2. The summed E-state index contributed by atoms with van der Waals surface area (Å²) in [6.07, 6.45) is 3.51. The Hall–Kier alpha value is -2.77. The highest BCUT2D eigenvalue weighted by molar-refractivity contribution is 5.92. The molecule has 3 heterocycles. The molecule has 1 aliphatic carbocycles. The van der Waals surface area contributed by atoms with Gasteiger partial charge in [-0.25, -0.2) is 4.52 Å². The van der Waals surface area contributed by atoms with Gasteiger partial charge in [0.05, 0.1) is 11.9 Å². The number of aromatic amines is 1. The van der Waals surface area contributed by atoms with E-state index in [2.05, 4.69) is 30.8 Å². The van der Waals surface area contributed by atoms with E-state index in [9.17, 15) is 4.79 Å². The molecule has 1 aliphatic rings. The molecular formula is C12H11N7O. The number of pyridine rings is 1. The number of nitrogens with zero attached hydrogens (tertiary/aromatic N) is 5. The van der Waals surface area contributed by atoms with E-state index in [4.69, 9.17) is 0 Å². The number of aromatic nitrogens is 6. The van der Waals surface area contributed by atoms with E-state index in [1.807, 2.05) is 18.2 Å². The molecule has 3 aromatic heterocycles. The van der Waals surface area contributed by atoms with Crippen molar-refractivity contribution in [2.45, 2.75) is 12.8 Å². The first-order valence-electron chi connectivity index (χ1n) is 6.34. The lowest BCUT2D eigenvalue weighted by molar-refractivity contribution is -0.117. The van der Waals surface area contributed by atoms with Gasteiger partial charge in [0.1, 0.15) is 5.69 Å². The van der Waals surface area contributed by atoms with Crippen LogP contribution in [0.1, 0.15) is 12.8 Å². The van der Waals surface area contributed by atoms with Crippen LogP contribution in [0.3, 0.4) is 0 Å². The van der Waals surface area contributed by atoms with E-state index in [0.717, 1.165) is 18.5 Å². The Morgan fingerprint density at radius 1 is 1.40 bits per heavy atom. The Labute approximate surface area is 113 Å². The summed E-state index contributed by atoms with van der Waals surface area (Å²) >= 11 is 0. The van der Waals surface area contributed by atoms with Gasteiger partial charge in [0.15, 0.2) is 5.65 Å². The summed E-state index contributed by atoms with van der Waals surface area (Å²) in [4.78, 5) is 16.0. The molecule has 1 fully saturated rings. The van der Waals surface area contributed by atoms with E-state index in [-0.39, 0.29) is 11.8 Å². The molecule has 0 unspecified atom stereocenters. The zero-order valence-electron chi connectivity index (χ0n) is 10.4. The molecule has 0 bridgehead atoms. The lowest BCUT2D eigenvalue weighted by Crippen LogP contribution is -2.14. The Balaban J connectivity index is 1.75. The van der Waals surface area contributed by atoms with Crippen molar-refractivity contribution in [3.63, 3.8) is 0 Å². The Morgan fingerprint density at radius 3 is 3.05 bits per heavy atom. The summed E-state index contributed by atoms with van der Waals surface area (Å²) in [5.41, 5.74) is 2.08. The lowest BCUT2D eigenvalue weighted by atomic mass is 10.3. The molecule has 0 radical (unpaired) electrons. The van der Waals surface area contributed by atoms with Crippen molar-refractivity contribution in [3.05, 3.63) is 24.4 Å². The first-order chi connectivity index (χ1) is 9.81. The van der Waals surface area contributed by atoms with Crippen LogP contribution in [-0.2, 0) is 4.79 Å². The summed E-state index contributed by atoms with van der Waals surface area (Å²) in [5.74, 6) is 0.429. The molecule has 1 amide bonds. The maximum Gasteiger partial charge on any atom is 0.249 e. The second kappa shape index (κ2) is 4.12.